The highest BCUT2D eigenvalue weighted by Gasteiger charge is 2.39. The Bertz CT molecular complexity index is 123. The van der Waals surface area contributed by atoms with Gasteiger partial charge in [-0.05, 0) is 25.7 Å². The lowest BCUT2D eigenvalue weighted by molar-refractivity contribution is 0.120. The second-order valence-electron chi connectivity index (χ2n) is 3.84. The van der Waals surface area contributed by atoms with Gasteiger partial charge in [0.15, 0.2) is 0 Å². The number of aliphatic hydroxyl groups is 1. The number of hydrogen-bond donors (Lipinski definition) is 1. The first kappa shape index (κ1) is 9.01. The van der Waals surface area contributed by atoms with Gasteiger partial charge in [-0.15, -0.1) is 0 Å². The third kappa shape index (κ3) is 2.80. The normalized spacial score (nSPS) is 32.5. The fraction of sp³-hybridized carbons (Fsp3) is 1.00. The quantitative estimate of drug-likeness (QED) is 0.630. The summed E-state index contributed by atoms with van der Waals surface area (Å²) in [6.07, 6.45) is 2.17. The molecule has 1 heterocycles. The van der Waals surface area contributed by atoms with E-state index in [1.807, 2.05) is 6.92 Å². The van der Waals surface area contributed by atoms with Crippen molar-refractivity contribution in [2.24, 2.45) is 5.92 Å². The molecule has 0 aliphatic carbocycles. The van der Waals surface area contributed by atoms with Crippen LogP contribution in [0.2, 0.25) is 0 Å². The molecule has 0 radical (unpaired) electrons. The maximum Gasteiger partial charge on any atom is 0.110 e. The molecule has 1 rings (SSSR count). The van der Waals surface area contributed by atoms with Gasteiger partial charge in [-0.2, -0.15) is 0 Å². The molecule has 0 aromatic carbocycles. The molecular formula is C9H18O2. The third-order valence-corrected chi connectivity index (χ3v) is 2.18. The van der Waals surface area contributed by atoms with Crippen LogP contribution in [0.15, 0.2) is 0 Å². The van der Waals surface area contributed by atoms with Crippen LogP contribution in [0.1, 0.15) is 33.6 Å². The van der Waals surface area contributed by atoms with E-state index >= 15 is 0 Å². The fourth-order valence-electron chi connectivity index (χ4n) is 1.27. The first-order valence-corrected chi connectivity index (χ1v) is 4.44. The molecule has 1 N–H and O–H groups in total. The van der Waals surface area contributed by atoms with Gasteiger partial charge in [0.05, 0.1) is 12.2 Å². The van der Waals surface area contributed by atoms with Gasteiger partial charge in [-0.3, -0.25) is 0 Å². The van der Waals surface area contributed by atoms with Crippen LogP contribution in [0, 0.1) is 5.92 Å². The molecule has 3 unspecified atom stereocenters. The van der Waals surface area contributed by atoms with Gasteiger partial charge in [0.2, 0.25) is 0 Å². The first-order chi connectivity index (χ1) is 5.11. The Hall–Kier alpha value is -0.0800. The smallest absolute Gasteiger partial charge is 0.110 e. The molecule has 0 spiro atoms. The lowest BCUT2D eigenvalue weighted by atomic mass is 10.0. The second kappa shape index (κ2) is 3.55. The van der Waals surface area contributed by atoms with Crippen LogP contribution >= 0.6 is 0 Å². The lowest BCUT2D eigenvalue weighted by Gasteiger charge is -2.08. The summed E-state index contributed by atoms with van der Waals surface area (Å²) in [7, 11) is 0. The van der Waals surface area contributed by atoms with Crippen LogP contribution in [0.5, 0.6) is 0 Å². The topological polar surface area (TPSA) is 32.8 Å². The Balaban J connectivity index is 2.07. The van der Waals surface area contributed by atoms with Gasteiger partial charge >= 0.3 is 0 Å². The van der Waals surface area contributed by atoms with Gasteiger partial charge in [-0.25, -0.2) is 0 Å². The Morgan fingerprint density at radius 1 is 1.36 bits per heavy atom. The number of hydrogen-bond acceptors (Lipinski definition) is 2. The van der Waals surface area contributed by atoms with Crippen molar-refractivity contribution in [1.82, 2.24) is 0 Å². The maximum atomic E-state index is 9.48. The Kier molecular flexibility index (Phi) is 2.90. The Morgan fingerprint density at radius 2 is 1.91 bits per heavy atom. The highest BCUT2D eigenvalue weighted by atomic mass is 16.6. The molecule has 66 valence electrons. The molecule has 1 saturated heterocycles. The van der Waals surface area contributed by atoms with Gasteiger partial charge in [0.1, 0.15) is 6.10 Å². The second-order valence-corrected chi connectivity index (χ2v) is 3.84. The van der Waals surface area contributed by atoms with E-state index < -0.39 is 0 Å². The molecule has 0 saturated carbocycles. The molecule has 0 aromatic rings. The van der Waals surface area contributed by atoms with E-state index in [-0.39, 0.29) is 18.3 Å². The van der Waals surface area contributed by atoms with Crippen molar-refractivity contribution < 1.29 is 9.84 Å². The zero-order chi connectivity index (χ0) is 8.43. The van der Waals surface area contributed by atoms with E-state index in [0.29, 0.717) is 5.92 Å². The minimum Gasteiger partial charge on any atom is -0.390 e. The van der Waals surface area contributed by atoms with Crippen LogP contribution in [0.25, 0.3) is 0 Å². The average molecular weight is 158 g/mol. The van der Waals surface area contributed by atoms with E-state index in [0.717, 1.165) is 12.8 Å². The van der Waals surface area contributed by atoms with Crippen molar-refractivity contribution >= 4 is 0 Å². The maximum absolute atomic E-state index is 9.48. The van der Waals surface area contributed by atoms with E-state index in [1.165, 1.54) is 0 Å². The van der Waals surface area contributed by atoms with Crippen LogP contribution in [-0.4, -0.2) is 23.4 Å². The molecule has 0 amide bonds. The summed E-state index contributed by atoms with van der Waals surface area (Å²) in [5.41, 5.74) is 0. The van der Waals surface area contributed by atoms with Crippen molar-refractivity contribution in [3.63, 3.8) is 0 Å². The van der Waals surface area contributed by atoms with Crippen LogP contribution in [0.3, 0.4) is 0 Å². The van der Waals surface area contributed by atoms with Crippen LogP contribution in [0.4, 0.5) is 0 Å². The molecule has 2 heteroatoms. The first-order valence-electron chi connectivity index (χ1n) is 4.44. The predicted molar refractivity (Wildman–Crippen MR) is 44.4 cm³/mol. The van der Waals surface area contributed by atoms with E-state index in [9.17, 15) is 5.11 Å². The van der Waals surface area contributed by atoms with Crippen molar-refractivity contribution in [2.45, 2.75) is 51.9 Å². The molecule has 0 aromatic heterocycles. The van der Waals surface area contributed by atoms with Gasteiger partial charge in [-0.1, -0.05) is 13.8 Å². The largest absolute Gasteiger partial charge is 0.390 e. The van der Waals surface area contributed by atoms with E-state index in [4.69, 9.17) is 4.74 Å². The van der Waals surface area contributed by atoms with Crippen molar-refractivity contribution in [3.8, 4) is 0 Å². The SMILES string of the molecule is CC(C)CCC(O)C1OC1C. The summed E-state index contributed by atoms with van der Waals surface area (Å²) >= 11 is 0. The number of rotatable bonds is 4. The van der Waals surface area contributed by atoms with Crippen molar-refractivity contribution in [3.05, 3.63) is 0 Å². The zero-order valence-corrected chi connectivity index (χ0v) is 7.58. The molecule has 1 aliphatic rings. The molecule has 0 bridgehead atoms. The molecule has 1 aliphatic heterocycles. The standard InChI is InChI=1S/C9H18O2/c1-6(2)4-5-8(10)9-7(3)11-9/h6-10H,4-5H2,1-3H3. The van der Waals surface area contributed by atoms with Gasteiger partial charge in [0, 0.05) is 0 Å². The summed E-state index contributed by atoms with van der Waals surface area (Å²) in [4.78, 5) is 0. The fourth-order valence-corrected chi connectivity index (χ4v) is 1.27. The van der Waals surface area contributed by atoms with Gasteiger partial charge in [0.25, 0.3) is 0 Å². The minimum atomic E-state index is -0.229. The highest BCUT2D eigenvalue weighted by Crippen LogP contribution is 2.27. The van der Waals surface area contributed by atoms with E-state index in [1.54, 1.807) is 0 Å². The monoisotopic (exact) mass is 158 g/mol. The molecular weight excluding hydrogens is 140 g/mol. The summed E-state index contributed by atoms with van der Waals surface area (Å²) < 4.78 is 5.16. The van der Waals surface area contributed by atoms with Crippen molar-refractivity contribution in [2.75, 3.05) is 0 Å². The number of ether oxygens (including phenoxy) is 1. The van der Waals surface area contributed by atoms with Crippen molar-refractivity contribution in [1.29, 1.82) is 0 Å². The summed E-state index contributed by atoms with van der Waals surface area (Å²) in [5, 5.41) is 9.48. The average Bonchev–Trinajstić information content (AvgIpc) is 2.61. The number of epoxide rings is 1. The third-order valence-electron chi connectivity index (χ3n) is 2.18. The van der Waals surface area contributed by atoms with Crippen LogP contribution < -0.4 is 0 Å². The Morgan fingerprint density at radius 3 is 2.27 bits per heavy atom. The predicted octanol–water partition coefficient (Wildman–Crippen LogP) is 1.57. The van der Waals surface area contributed by atoms with Crippen LogP contribution in [-0.2, 0) is 4.74 Å². The van der Waals surface area contributed by atoms with Gasteiger partial charge < -0.3 is 9.84 Å². The highest BCUT2D eigenvalue weighted by molar-refractivity contribution is 4.87. The molecule has 2 nitrogen and oxygen atoms in total. The minimum absolute atomic E-state index is 0.133. The summed E-state index contributed by atoms with van der Waals surface area (Å²) in [5.74, 6) is 0.679. The number of aliphatic hydroxyl groups excluding tert-OH is 1. The lowest BCUT2D eigenvalue weighted by Crippen LogP contribution is -2.16. The molecule has 3 atom stereocenters. The zero-order valence-electron chi connectivity index (χ0n) is 7.58. The summed E-state index contributed by atoms with van der Waals surface area (Å²) in [6, 6.07) is 0. The molecule has 1 fully saturated rings. The Labute approximate surface area is 68.6 Å². The van der Waals surface area contributed by atoms with E-state index in [2.05, 4.69) is 13.8 Å². The molecule has 11 heavy (non-hydrogen) atoms. The summed E-state index contributed by atoms with van der Waals surface area (Å²) in [6.45, 7) is 6.34.